The average molecular weight is 320 g/mol. The second kappa shape index (κ2) is 8.53. The Kier molecular flexibility index (Phi) is 6.40. The summed E-state index contributed by atoms with van der Waals surface area (Å²) in [5, 5.41) is 2.99. The quantitative estimate of drug-likeness (QED) is 0.842. The first kappa shape index (κ1) is 17.3. The molecule has 1 aromatic rings. The molecule has 6 heteroatoms. The molecule has 0 radical (unpaired) electrons. The predicted octanol–water partition coefficient (Wildman–Crippen LogP) is 1.97. The van der Waals surface area contributed by atoms with Crippen LogP contribution >= 0.6 is 0 Å². The number of benzene rings is 1. The Bertz CT molecular complexity index is 521. The fraction of sp³-hybridized carbons (Fsp3) is 0.529. The molecule has 0 aliphatic carbocycles. The molecule has 1 fully saturated rings. The number of rotatable bonds is 5. The summed E-state index contributed by atoms with van der Waals surface area (Å²) in [5.41, 5.74) is 0.990. The summed E-state index contributed by atoms with van der Waals surface area (Å²) in [4.78, 5) is 25.9. The fourth-order valence-electron chi connectivity index (χ4n) is 2.83. The molecule has 2 amide bonds. The SMILES string of the molecule is COC[C@@H](NC(=O)N1CCC[C@@H](C(=O)OC)C1)c1ccccc1. The standard InChI is InChI=1S/C17H24N2O4/c1-22-12-15(13-7-4-3-5-8-13)18-17(21)19-10-6-9-14(11-19)16(20)23-2/h3-5,7-8,14-15H,6,9-12H2,1-2H3,(H,18,21)/t14-,15-/m1/s1. The van der Waals surface area contributed by atoms with Crippen LogP contribution in [0.25, 0.3) is 0 Å². The number of amides is 2. The zero-order valence-corrected chi connectivity index (χ0v) is 13.7. The number of nitrogens with zero attached hydrogens (tertiary/aromatic N) is 1. The molecule has 1 aliphatic rings. The summed E-state index contributed by atoms with van der Waals surface area (Å²) < 4.78 is 10.0. The third kappa shape index (κ3) is 4.69. The van der Waals surface area contributed by atoms with Crippen molar-refractivity contribution in [2.75, 3.05) is 33.9 Å². The topological polar surface area (TPSA) is 67.9 Å². The van der Waals surface area contributed by atoms with E-state index in [2.05, 4.69) is 5.32 Å². The molecular formula is C17H24N2O4. The van der Waals surface area contributed by atoms with Crippen molar-refractivity contribution < 1.29 is 19.1 Å². The molecule has 0 bridgehead atoms. The number of piperidine rings is 1. The van der Waals surface area contributed by atoms with Gasteiger partial charge in [0.25, 0.3) is 0 Å². The van der Waals surface area contributed by atoms with E-state index in [-0.39, 0.29) is 24.0 Å². The first-order valence-corrected chi connectivity index (χ1v) is 7.83. The highest BCUT2D eigenvalue weighted by molar-refractivity contribution is 5.77. The normalized spacial score (nSPS) is 19.0. The summed E-state index contributed by atoms with van der Waals surface area (Å²) in [6, 6.07) is 9.31. The molecule has 0 spiro atoms. The molecule has 23 heavy (non-hydrogen) atoms. The van der Waals surface area contributed by atoms with Crippen molar-refractivity contribution in [1.82, 2.24) is 10.2 Å². The number of hydrogen-bond donors (Lipinski definition) is 1. The smallest absolute Gasteiger partial charge is 0.317 e. The van der Waals surface area contributed by atoms with Gasteiger partial charge in [-0.1, -0.05) is 30.3 Å². The van der Waals surface area contributed by atoms with Gasteiger partial charge < -0.3 is 19.7 Å². The van der Waals surface area contributed by atoms with E-state index in [0.717, 1.165) is 18.4 Å². The Balaban J connectivity index is 1.99. The van der Waals surface area contributed by atoms with Gasteiger partial charge >= 0.3 is 12.0 Å². The monoisotopic (exact) mass is 320 g/mol. The minimum absolute atomic E-state index is 0.176. The number of hydrogen-bond acceptors (Lipinski definition) is 4. The van der Waals surface area contributed by atoms with Crippen molar-refractivity contribution >= 4 is 12.0 Å². The lowest BCUT2D eigenvalue weighted by atomic mass is 9.98. The van der Waals surface area contributed by atoms with E-state index >= 15 is 0 Å². The van der Waals surface area contributed by atoms with Crippen LogP contribution in [0.1, 0.15) is 24.4 Å². The van der Waals surface area contributed by atoms with Gasteiger partial charge in [0.15, 0.2) is 0 Å². The van der Waals surface area contributed by atoms with Crippen LogP contribution in [0.3, 0.4) is 0 Å². The second-order valence-corrected chi connectivity index (χ2v) is 5.68. The molecule has 2 atom stereocenters. The van der Waals surface area contributed by atoms with Gasteiger partial charge in [-0.2, -0.15) is 0 Å². The highest BCUT2D eigenvalue weighted by Crippen LogP contribution is 2.19. The maximum absolute atomic E-state index is 12.5. The van der Waals surface area contributed by atoms with Crippen molar-refractivity contribution in [1.29, 1.82) is 0 Å². The lowest BCUT2D eigenvalue weighted by Gasteiger charge is -2.32. The maximum atomic E-state index is 12.5. The number of ether oxygens (including phenoxy) is 2. The number of likely N-dealkylation sites (tertiary alicyclic amines) is 1. The number of esters is 1. The fourth-order valence-corrected chi connectivity index (χ4v) is 2.83. The lowest BCUT2D eigenvalue weighted by molar-refractivity contribution is -0.146. The minimum atomic E-state index is -0.251. The van der Waals surface area contributed by atoms with E-state index in [1.807, 2.05) is 30.3 Å². The Labute approximate surface area is 136 Å². The molecule has 1 aromatic carbocycles. The summed E-state index contributed by atoms with van der Waals surface area (Å²) in [7, 11) is 2.99. The third-order valence-corrected chi connectivity index (χ3v) is 4.08. The van der Waals surface area contributed by atoms with Crippen LogP contribution in [-0.4, -0.2) is 50.8 Å². The number of carbonyl (C=O) groups excluding carboxylic acids is 2. The van der Waals surface area contributed by atoms with Gasteiger partial charge in [0.2, 0.25) is 0 Å². The maximum Gasteiger partial charge on any atom is 0.317 e. The molecule has 1 saturated heterocycles. The predicted molar refractivity (Wildman–Crippen MR) is 85.9 cm³/mol. The summed E-state index contributed by atoms with van der Waals surface area (Å²) in [6.07, 6.45) is 1.56. The average Bonchev–Trinajstić information content (AvgIpc) is 2.61. The molecule has 0 saturated carbocycles. The van der Waals surface area contributed by atoms with Crippen molar-refractivity contribution in [3.05, 3.63) is 35.9 Å². The Hall–Kier alpha value is -2.08. The molecule has 2 rings (SSSR count). The van der Waals surface area contributed by atoms with Crippen LogP contribution in [0.5, 0.6) is 0 Å². The summed E-state index contributed by atoms with van der Waals surface area (Å²) in [5.74, 6) is -0.490. The highest BCUT2D eigenvalue weighted by Gasteiger charge is 2.30. The lowest BCUT2D eigenvalue weighted by Crippen LogP contribution is -2.48. The van der Waals surface area contributed by atoms with Crippen LogP contribution in [0.4, 0.5) is 4.79 Å². The third-order valence-electron chi connectivity index (χ3n) is 4.08. The van der Waals surface area contributed by atoms with Gasteiger partial charge in [-0.15, -0.1) is 0 Å². The van der Waals surface area contributed by atoms with Crippen LogP contribution < -0.4 is 5.32 Å². The number of nitrogens with one attached hydrogen (secondary N) is 1. The molecule has 126 valence electrons. The van der Waals surface area contributed by atoms with Crippen LogP contribution in [-0.2, 0) is 14.3 Å². The molecule has 6 nitrogen and oxygen atoms in total. The molecule has 1 N–H and O–H groups in total. The van der Waals surface area contributed by atoms with Gasteiger partial charge in [0.05, 0.1) is 25.7 Å². The summed E-state index contributed by atoms with van der Waals surface area (Å²) in [6.45, 7) is 1.44. The Morgan fingerprint density at radius 3 is 2.70 bits per heavy atom. The van der Waals surface area contributed by atoms with E-state index in [4.69, 9.17) is 9.47 Å². The highest BCUT2D eigenvalue weighted by atomic mass is 16.5. The second-order valence-electron chi connectivity index (χ2n) is 5.68. The molecule has 1 aliphatic heterocycles. The number of methoxy groups -OCH3 is 2. The zero-order valence-electron chi connectivity index (χ0n) is 13.7. The minimum Gasteiger partial charge on any atom is -0.469 e. The van der Waals surface area contributed by atoms with E-state index in [9.17, 15) is 9.59 Å². The van der Waals surface area contributed by atoms with Gasteiger partial charge in [0.1, 0.15) is 0 Å². The van der Waals surface area contributed by atoms with Crippen molar-refractivity contribution in [2.45, 2.75) is 18.9 Å². The van der Waals surface area contributed by atoms with Gasteiger partial charge in [-0.05, 0) is 18.4 Å². The van der Waals surface area contributed by atoms with Crippen LogP contribution in [0, 0.1) is 5.92 Å². The number of carbonyl (C=O) groups is 2. The van der Waals surface area contributed by atoms with Gasteiger partial charge in [0, 0.05) is 20.2 Å². The van der Waals surface area contributed by atoms with Gasteiger partial charge in [-0.25, -0.2) is 4.79 Å². The van der Waals surface area contributed by atoms with E-state index in [1.54, 1.807) is 12.0 Å². The molecular weight excluding hydrogens is 296 g/mol. The first-order chi connectivity index (χ1) is 11.2. The van der Waals surface area contributed by atoms with Crippen molar-refractivity contribution in [2.24, 2.45) is 5.92 Å². The molecule has 1 heterocycles. The molecule has 0 aromatic heterocycles. The molecule has 0 unspecified atom stereocenters. The first-order valence-electron chi connectivity index (χ1n) is 7.83. The number of urea groups is 1. The van der Waals surface area contributed by atoms with Crippen molar-refractivity contribution in [3.63, 3.8) is 0 Å². The van der Waals surface area contributed by atoms with E-state index in [0.29, 0.717) is 19.7 Å². The van der Waals surface area contributed by atoms with E-state index < -0.39 is 0 Å². The van der Waals surface area contributed by atoms with Gasteiger partial charge in [-0.3, -0.25) is 4.79 Å². The van der Waals surface area contributed by atoms with Crippen LogP contribution in [0.15, 0.2) is 30.3 Å². The zero-order chi connectivity index (χ0) is 16.7. The summed E-state index contributed by atoms with van der Waals surface area (Å²) >= 11 is 0. The van der Waals surface area contributed by atoms with Crippen LogP contribution in [0.2, 0.25) is 0 Å². The Morgan fingerprint density at radius 1 is 1.30 bits per heavy atom. The Morgan fingerprint density at radius 2 is 2.04 bits per heavy atom. The van der Waals surface area contributed by atoms with Crippen molar-refractivity contribution in [3.8, 4) is 0 Å². The van der Waals surface area contributed by atoms with E-state index in [1.165, 1.54) is 7.11 Å². The largest absolute Gasteiger partial charge is 0.469 e.